The van der Waals surface area contributed by atoms with Gasteiger partial charge in [0.25, 0.3) is 0 Å². The van der Waals surface area contributed by atoms with E-state index in [0.717, 1.165) is 17.7 Å². The number of halogens is 1. The second kappa shape index (κ2) is 12.4. The van der Waals surface area contributed by atoms with Gasteiger partial charge in [0.05, 0.1) is 42.8 Å². The molecule has 5 rings (SSSR count). The van der Waals surface area contributed by atoms with Crippen LogP contribution in [0.2, 0.25) is 0 Å². The van der Waals surface area contributed by atoms with Crippen molar-refractivity contribution in [2.45, 2.75) is 38.5 Å². The fraction of sp³-hybridized carbons (Fsp3) is 0.300. The second-order valence-corrected chi connectivity index (χ2v) is 10.7. The minimum atomic E-state index is -0.381. The molecular weight excluding hydrogens is 519 g/mol. The van der Waals surface area contributed by atoms with Crippen LogP contribution in [0.1, 0.15) is 28.8 Å². The van der Waals surface area contributed by atoms with Crippen molar-refractivity contribution < 1.29 is 23.1 Å². The molecule has 2 aromatic heterocycles. The van der Waals surface area contributed by atoms with E-state index in [0.29, 0.717) is 35.2 Å². The first-order valence-electron chi connectivity index (χ1n) is 12.9. The lowest BCUT2D eigenvalue weighted by molar-refractivity contribution is -0.142. The van der Waals surface area contributed by atoms with Crippen LogP contribution in [0.25, 0.3) is 11.0 Å². The second-order valence-electron chi connectivity index (χ2n) is 9.63. The molecule has 39 heavy (non-hydrogen) atoms. The molecule has 1 saturated heterocycles. The number of fused-ring (bicyclic) bond motifs is 1. The Kier molecular flexibility index (Phi) is 8.48. The summed E-state index contributed by atoms with van der Waals surface area (Å²) in [5, 5.41) is 2.34. The number of hydrogen-bond acceptors (Lipinski definition) is 6. The van der Waals surface area contributed by atoms with E-state index in [9.17, 15) is 18.8 Å². The predicted octanol–water partition coefficient (Wildman–Crippen LogP) is 4.77. The number of amides is 2. The summed E-state index contributed by atoms with van der Waals surface area (Å²) in [4.78, 5) is 44.3. The average Bonchev–Trinajstić information content (AvgIpc) is 3.65. The molecule has 3 heterocycles. The number of rotatable bonds is 10. The van der Waals surface area contributed by atoms with Crippen molar-refractivity contribution in [1.82, 2.24) is 9.80 Å². The lowest BCUT2D eigenvalue weighted by Gasteiger charge is -2.29. The Balaban J connectivity index is 1.40. The van der Waals surface area contributed by atoms with Crippen molar-refractivity contribution in [3.05, 3.63) is 104 Å². The van der Waals surface area contributed by atoms with Gasteiger partial charge < -0.3 is 19.0 Å². The van der Waals surface area contributed by atoms with Gasteiger partial charge in [0.2, 0.25) is 11.8 Å². The molecule has 0 radical (unpaired) electrons. The van der Waals surface area contributed by atoms with Crippen molar-refractivity contribution in [2.24, 2.45) is 0 Å². The Labute approximate surface area is 229 Å². The Morgan fingerprint density at radius 3 is 2.54 bits per heavy atom. The van der Waals surface area contributed by atoms with Gasteiger partial charge in [-0.3, -0.25) is 14.4 Å². The average molecular weight is 549 g/mol. The van der Waals surface area contributed by atoms with Gasteiger partial charge in [0.15, 0.2) is 5.43 Å². The quantitative estimate of drug-likeness (QED) is 0.285. The highest BCUT2D eigenvalue weighted by molar-refractivity contribution is 7.10. The zero-order chi connectivity index (χ0) is 27.2. The number of para-hydroxylation sites is 1. The first kappa shape index (κ1) is 26.8. The van der Waals surface area contributed by atoms with Crippen molar-refractivity contribution in [3.63, 3.8) is 0 Å². The highest BCUT2D eigenvalue weighted by atomic mass is 32.1. The molecule has 0 bridgehead atoms. The Morgan fingerprint density at radius 1 is 0.974 bits per heavy atom. The summed E-state index contributed by atoms with van der Waals surface area (Å²) in [6.07, 6.45) is 3.20. The van der Waals surface area contributed by atoms with E-state index < -0.39 is 0 Å². The summed E-state index contributed by atoms with van der Waals surface area (Å²) >= 11 is 1.49. The highest BCUT2D eigenvalue weighted by Gasteiger charge is 2.27. The molecule has 2 amide bonds. The number of carbonyl (C=O) groups is 2. The van der Waals surface area contributed by atoms with E-state index in [1.807, 2.05) is 17.5 Å². The summed E-state index contributed by atoms with van der Waals surface area (Å²) < 4.78 is 25.0. The molecule has 9 heteroatoms. The van der Waals surface area contributed by atoms with E-state index in [1.165, 1.54) is 34.6 Å². The summed E-state index contributed by atoms with van der Waals surface area (Å²) in [5.41, 5.74) is 1.26. The molecule has 0 aliphatic carbocycles. The van der Waals surface area contributed by atoms with Crippen molar-refractivity contribution in [3.8, 4) is 0 Å². The molecule has 4 aromatic rings. The van der Waals surface area contributed by atoms with Gasteiger partial charge in [-0.1, -0.05) is 30.3 Å². The van der Waals surface area contributed by atoms with E-state index in [-0.39, 0.29) is 55.2 Å². The molecule has 1 atom stereocenters. The van der Waals surface area contributed by atoms with Crippen molar-refractivity contribution in [2.75, 3.05) is 19.7 Å². The van der Waals surface area contributed by atoms with Gasteiger partial charge in [-0.05, 0) is 54.1 Å². The van der Waals surface area contributed by atoms with Crippen LogP contribution in [-0.4, -0.2) is 47.4 Å². The summed E-state index contributed by atoms with van der Waals surface area (Å²) in [6, 6.07) is 16.6. The smallest absolute Gasteiger partial charge is 0.242 e. The SMILES string of the molecule is O=C(CN(CC1CCCO1)C(=O)Cc1cccs1)N(Cc1ccc(F)cc1)Cc1coc2ccccc2c1=O. The zero-order valence-corrected chi connectivity index (χ0v) is 22.2. The van der Waals surface area contributed by atoms with Crippen molar-refractivity contribution in [1.29, 1.82) is 0 Å². The third-order valence-corrected chi connectivity index (χ3v) is 7.66. The molecule has 1 aliphatic heterocycles. The largest absolute Gasteiger partial charge is 0.464 e. The number of thiophene rings is 1. The first-order valence-corrected chi connectivity index (χ1v) is 13.8. The first-order chi connectivity index (χ1) is 19.0. The van der Waals surface area contributed by atoms with E-state index in [2.05, 4.69) is 0 Å². The molecule has 202 valence electrons. The Bertz CT molecular complexity index is 1480. The number of benzene rings is 2. The minimum Gasteiger partial charge on any atom is -0.464 e. The summed E-state index contributed by atoms with van der Waals surface area (Å²) in [6.45, 7) is 0.914. The predicted molar refractivity (Wildman–Crippen MR) is 147 cm³/mol. The van der Waals surface area contributed by atoms with Crippen LogP contribution in [0.5, 0.6) is 0 Å². The third-order valence-electron chi connectivity index (χ3n) is 6.78. The number of ether oxygens (including phenoxy) is 1. The van der Waals surface area contributed by atoms with Gasteiger partial charge in [0.1, 0.15) is 11.4 Å². The van der Waals surface area contributed by atoms with Crippen LogP contribution in [-0.2, 0) is 33.8 Å². The van der Waals surface area contributed by atoms with Crippen LogP contribution < -0.4 is 5.43 Å². The maximum atomic E-state index is 13.8. The summed E-state index contributed by atoms with van der Waals surface area (Å²) in [5.74, 6) is -0.869. The van der Waals surface area contributed by atoms with Crippen LogP contribution in [0.4, 0.5) is 4.39 Å². The maximum absolute atomic E-state index is 13.8. The zero-order valence-electron chi connectivity index (χ0n) is 21.4. The minimum absolute atomic E-state index is 0.0176. The molecule has 7 nitrogen and oxygen atoms in total. The van der Waals surface area contributed by atoms with Gasteiger partial charge in [0, 0.05) is 24.6 Å². The molecule has 1 aliphatic rings. The van der Waals surface area contributed by atoms with Crippen molar-refractivity contribution >= 4 is 34.1 Å². The third kappa shape index (κ3) is 6.79. The fourth-order valence-corrected chi connectivity index (χ4v) is 5.40. The van der Waals surface area contributed by atoms with Gasteiger partial charge >= 0.3 is 0 Å². The molecule has 0 N–H and O–H groups in total. The van der Waals surface area contributed by atoms with E-state index in [4.69, 9.17) is 9.15 Å². The summed E-state index contributed by atoms with van der Waals surface area (Å²) in [7, 11) is 0. The Morgan fingerprint density at radius 2 is 1.79 bits per heavy atom. The topological polar surface area (TPSA) is 80.1 Å². The molecule has 1 unspecified atom stereocenters. The van der Waals surface area contributed by atoms with E-state index >= 15 is 0 Å². The van der Waals surface area contributed by atoms with Crippen LogP contribution in [0.3, 0.4) is 0 Å². The number of carbonyl (C=O) groups excluding carboxylic acids is 2. The molecule has 0 spiro atoms. The number of nitrogens with zero attached hydrogens (tertiary/aromatic N) is 2. The standard InChI is InChI=1S/C30H29FN2O5S/c31-23-11-9-21(10-12-23)16-32(17-22-20-38-27-8-2-1-7-26(27)30(22)36)29(35)19-33(18-24-5-3-13-37-24)28(34)15-25-6-4-14-39-25/h1-2,4,6-12,14,20,24H,3,5,13,15-19H2. The molecule has 2 aromatic carbocycles. The molecular formula is C30H29FN2O5S. The highest BCUT2D eigenvalue weighted by Crippen LogP contribution is 2.18. The molecule has 1 fully saturated rings. The Hall–Kier alpha value is -3.82. The number of hydrogen-bond donors (Lipinski definition) is 0. The fourth-order valence-electron chi connectivity index (χ4n) is 4.70. The normalized spacial score (nSPS) is 14.9. The lowest BCUT2D eigenvalue weighted by atomic mass is 10.1. The monoisotopic (exact) mass is 548 g/mol. The van der Waals surface area contributed by atoms with Gasteiger partial charge in [-0.15, -0.1) is 11.3 Å². The lowest BCUT2D eigenvalue weighted by Crippen LogP contribution is -2.46. The van der Waals surface area contributed by atoms with Gasteiger partial charge in [-0.25, -0.2) is 4.39 Å². The molecule has 0 saturated carbocycles. The van der Waals surface area contributed by atoms with Crippen LogP contribution in [0.15, 0.2) is 81.5 Å². The van der Waals surface area contributed by atoms with Gasteiger partial charge in [-0.2, -0.15) is 0 Å². The van der Waals surface area contributed by atoms with E-state index in [1.54, 1.807) is 41.3 Å². The van der Waals surface area contributed by atoms with Crippen LogP contribution in [0, 0.1) is 5.82 Å². The van der Waals surface area contributed by atoms with Crippen LogP contribution >= 0.6 is 11.3 Å². The maximum Gasteiger partial charge on any atom is 0.242 e.